The lowest BCUT2D eigenvalue weighted by molar-refractivity contribution is 0.0788. The molecule has 0 spiro atoms. The summed E-state index contributed by atoms with van der Waals surface area (Å²) in [5.74, 6) is -12.0. The van der Waals surface area contributed by atoms with E-state index < -0.39 is 52.1 Å². The van der Waals surface area contributed by atoms with Crippen LogP contribution in [0.4, 0.5) is 22.0 Å². The Morgan fingerprint density at radius 2 is 1.00 bits per heavy atom. The van der Waals surface area contributed by atoms with Gasteiger partial charge in [0.05, 0.1) is 11.1 Å². The fraction of sp³-hybridized carbons (Fsp3) is 0.111. The Kier molecular flexibility index (Phi) is 2.08. The molecule has 0 saturated heterocycles. The van der Waals surface area contributed by atoms with Crippen molar-refractivity contribution in [3.05, 3.63) is 34.4 Å². The maximum Gasteiger partial charge on any atom is 0.225 e. The van der Waals surface area contributed by atoms with E-state index >= 15 is 0 Å². The Bertz CT molecular complexity index is 490. The van der Waals surface area contributed by atoms with Crippen molar-refractivity contribution in [1.82, 2.24) is 0 Å². The highest BCUT2D eigenvalue weighted by Crippen LogP contribution is 2.32. The molecule has 1 aliphatic rings. The number of ketones is 2. The van der Waals surface area contributed by atoms with Crippen molar-refractivity contribution in [3.8, 4) is 0 Å². The standard InChI is InChI=1S/C9HF5O2/c10-3-1-2(4(11)6(13)5(3)12)9(16)7(14)8(1)15/h7H. The lowest BCUT2D eigenvalue weighted by Gasteiger charge is -2.02. The van der Waals surface area contributed by atoms with Crippen LogP contribution in [0.1, 0.15) is 20.7 Å². The van der Waals surface area contributed by atoms with E-state index in [9.17, 15) is 31.5 Å². The van der Waals surface area contributed by atoms with Crippen molar-refractivity contribution >= 4 is 11.6 Å². The molecule has 1 aliphatic carbocycles. The summed E-state index contributed by atoms with van der Waals surface area (Å²) in [5, 5.41) is 0. The Balaban J connectivity index is 2.91. The van der Waals surface area contributed by atoms with Crippen molar-refractivity contribution in [2.24, 2.45) is 0 Å². The minimum absolute atomic E-state index is 1.37. The third-order valence-corrected chi connectivity index (χ3v) is 2.22. The number of alkyl halides is 1. The van der Waals surface area contributed by atoms with E-state index in [0.29, 0.717) is 0 Å². The summed E-state index contributed by atoms with van der Waals surface area (Å²) in [6.45, 7) is 0. The zero-order valence-electron chi connectivity index (χ0n) is 7.28. The molecular weight excluding hydrogens is 235 g/mol. The number of halogens is 5. The average Bonchev–Trinajstić information content (AvgIpc) is 2.48. The molecule has 0 N–H and O–H groups in total. The van der Waals surface area contributed by atoms with Gasteiger partial charge in [0.15, 0.2) is 23.3 Å². The number of carbonyl (C=O) groups is 2. The first-order chi connectivity index (χ1) is 7.37. The number of rotatable bonds is 0. The molecule has 16 heavy (non-hydrogen) atoms. The zero-order chi connectivity index (χ0) is 12.2. The summed E-state index contributed by atoms with van der Waals surface area (Å²) >= 11 is 0. The van der Waals surface area contributed by atoms with Crippen LogP contribution in [0.5, 0.6) is 0 Å². The Hall–Kier alpha value is -1.79. The second kappa shape index (κ2) is 3.10. The quantitative estimate of drug-likeness (QED) is 0.298. The minimum atomic E-state index is -2.81. The van der Waals surface area contributed by atoms with Gasteiger partial charge in [-0.15, -0.1) is 0 Å². The Morgan fingerprint density at radius 3 is 1.31 bits per heavy atom. The van der Waals surface area contributed by atoms with Crippen molar-refractivity contribution in [3.63, 3.8) is 0 Å². The van der Waals surface area contributed by atoms with Crippen molar-refractivity contribution in [2.45, 2.75) is 6.17 Å². The molecule has 1 aromatic rings. The first-order valence-electron chi connectivity index (χ1n) is 3.96. The summed E-state index contributed by atoms with van der Waals surface area (Å²) in [5.41, 5.74) is -2.73. The molecule has 0 atom stereocenters. The van der Waals surface area contributed by atoms with Crippen LogP contribution in [0, 0.1) is 23.3 Å². The summed E-state index contributed by atoms with van der Waals surface area (Å²) in [4.78, 5) is 21.9. The zero-order valence-corrected chi connectivity index (χ0v) is 7.28. The van der Waals surface area contributed by atoms with Crippen molar-refractivity contribution in [1.29, 1.82) is 0 Å². The lowest BCUT2D eigenvalue weighted by Crippen LogP contribution is -2.15. The van der Waals surface area contributed by atoms with Gasteiger partial charge in [-0.25, -0.2) is 22.0 Å². The minimum Gasteiger partial charge on any atom is -0.290 e. The third kappa shape index (κ3) is 1.05. The molecule has 0 amide bonds. The van der Waals surface area contributed by atoms with E-state index in [1.807, 2.05) is 0 Å². The Morgan fingerprint density at radius 1 is 0.688 bits per heavy atom. The maximum absolute atomic E-state index is 13.0. The highest BCUT2D eigenvalue weighted by atomic mass is 19.2. The molecule has 0 fully saturated rings. The van der Waals surface area contributed by atoms with Crippen LogP contribution >= 0.6 is 0 Å². The van der Waals surface area contributed by atoms with E-state index in [0.717, 1.165) is 0 Å². The van der Waals surface area contributed by atoms with Gasteiger partial charge in [0, 0.05) is 0 Å². The topological polar surface area (TPSA) is 34.1 Å². The number of fused-ring (bicyclic) bond motifs is 1. The molecule has 84 valence electrons. The SMILES string of the molecule is O=C1c2c(F)c(F)c(F)c(F)c2C(=O)C1F. The summed E-state index contributed by atoms with van der Waals surface area (Å²) in [6.07, 6.45) is -2.81. The van der Waals surface area contributed by atoms with E-state index in [1.54, 1.807) is 0 Å². The van der Waals surface area contributed by atoms with Gasteiger partial charge in [-0.3, -0.25) is 9.59 Å². The van der Waals surface area contributed by atoms with Crippen LogP contribution in [0.25, 0.3) is 0 Å². The predicted molar refractivity (Wildman–Crippen MR) is 39.8 cm³/mol. The summed E-state index contributed by atoms with van der Waals surface area (Å²) < 4.78 is 64.3. The van der Waals surface area contributed by atoms with Crippen LogP contribution < -0.4 is 0 Å². The molecule has 0 heterocycles. The first-order valence-corrected chi connectivity index (χ1v) is 3.96. The molecule has 0 aromatic heterocycles. The molecule has 2 rings (SSSR count). The molecule has 0 aliphatic heterocycles. The van der Waals surface area contributed by atoms with Crippen molar-refractivity contribution < 1.29 is 31.5 Å². The molecule has 0 unspecified atom stereocenters. The number of benzene rings is 1. The van der Waals surface area contributed by atoms with E-state index in [-0.39, 0.29) is 0 Å². The molecule has 0 saturated carbocycles. The van der Waals surface area contributed by atoms with Crippen LogP contribution in [0.15, 0.2) is 0 Å². The van der Waals surface area contributed by atoms with Gasteiger partial charge in [0.2, 0.25) is 17.7 Å². The first kappa shape index (κ1) is 10.7. The number of hydrogen-bond donors (Lipinski definition) is 0. The molecular formula is C9HF5O2. The van der Waals surface area contributed by atoms with Gasteiger partial charge in [-0.1, -0.05) is 0 Å². The van der Waals surface area contributed by atoms with Crippen LogP contribution in [-0.4, -0.2) is 17.7 Å². The maximum atomic E-state index is 13.0. The normalized spacial score (nSPS) is 15.8. The van der Waals surface area contributed by atoms with Gasteiger partial charge in [0.1, 0.15) is 0 Å². The second-order valence-corrected chi connectivity index (χ2v) is 3.10. The molecule has 7 heteroatoms. The smallest absolute Gasteiger partial charge is 0.225 e. The van der Waals surface area contributed by atoms with Gasteiger partial charge in [-0.05, 0) is 0 Å². The monoisotopic (exact) mass is 236 g/mol. The largest absolute Gasteiger partial charge is 0.290 e. The highest BCUT2D eigenvalue weighted by Gasteiger charge is 2.45. The fourth-order valence-electron chi connectivity index (χ4n) is 1.47. The predicted octanol–water partition coefficient (Wildman–Crippen LogP) is 1.96. The number of carbonyl (C=O) groups excluding carboxylic acids is 2. The van der Waals surface area contributed by atoms with Gasteiger partial charge < -0.3 is 0 Å². The molecule has 2 nitrogen and oxygen atoms in total. The number of Topliss-reactive ketones (excluding diaryl/α,β-unsaturated/α-hetero) is 2. The second-order valence-electron chi connectivity index (χ2n) is 3.10. The summed E-state index contributed by atoms with van der Waals surface area (Å²) in [6, 6.07) is 0. The van der Waals surface area contributed by atoms with Gasteiger partial charge in [0.25, 0.3) is 0 Å². The molecule has 0 bridgehead atoms. The fourth-order valence-corrected chi connectivity index (χ4v) is 1.47. The van der Waals surface area contributed by atoms with Crippen LogP contribution in [-0.2, 0) is 0 Å². The van der Waals surface area contributed by atoms with Gasteiger partial charge in [-0.2, -0.15) is 0 Å². The highest BCUT2D eigenvalue weighted by molar-refractivity contribution is 6.28. The van der Waals surface area contributed by atoms with E-state index in [2.05, 4.69) is 0 Å². The molecule has 1 aromatic carbocycles. The lowest BCUT2D eigenvalue weighted by atomic mass is 10.1. The number of hydrogen-bond acceptors (Lipinski definition) is 2. The van der Waals surface area contributed by atoms with Crippen LogP contribution in [0.2, 0.25) is 0 Å². The van der Waals surface area contributed by atoms with Crippen LogP contribution in [0.3, 0.4) is 0 Å². The third-order valence-electron chi connectivity index (χ3n) is 2.22. The average molecular weight is 236 g/mol. The summed E-state index contributed by atoms with van der Waals surface area (Å²) in [7, 11) is 0. The Labute approximate surface area is 84.7 Å². The molecule has 0 radical (unpaired) electrons. The van der Waals surface area contributed by atoms with E-state index in [1.165, 1.54) is 0 Å². The van der Waals surface area contributed by atoms with E-state index in [4.69, 9.17) is 0 Å². The van der Waals surface area contributed by atoms with Crippen molar-refractivity contribution in [2.75, 3.05) is 0 Å². The van der Waals surface area contributed by atoms with Gasteiger partial charge >= 0.3 is 0 Å².